The van der Waals surface area contributed by atoms with E-state index in [4.69, 9.17) is 0 Å². The first-order valence-corrected chi connectivity index (χ1v) is 9.26. The van der Waals surface area contributed by atoms with Gasteiger partial charge in [0, 0.05) is 37.6 Å². The number of rotatable bonds is 4. The molecule has 1 aliphatic heterocycles. The van der Waals surface area contributed by atoms with Crippen LogP contribution < -0.4 is 9.80 Å². The molecule has 156 valence electrons. The maximum Gasteiger partial charge on any atom is 0.419 e. The highest BCUT2D eigenvalue weighted by molar-refractivity contribution is 5.95. The number of hydrogen-bond acceptors (Lipinski definition) is 3. The van der Waals surface area contributed by atoms with Gasteiger partial charge < -0.3 is 9.80 Å². The van der Waals surface area contributed by atoms with Gasteiger partial charge in [0.25, 0.3) is 0 Å². The number of benzene rings is 1. The Hall–Kier alpha value is -2.71. The molecule has 0 saturated carbocycles. The maximum absolute atomic E-state index is 13.6. The first-order chi connectivity index (χ1) is 13.7. The third-order valence-corrected chi connectivity index (χ3v) is 4.96. The average Bonchev–Trinajstić information content (AvgIpc) is 2.70. The first kappa shape index (κ1) is 21.0. The smallest absolute Gasteiger partial charge is 0.355 e. The molecule has 0 bridgehead atoms. The molecule has 1 aromatic heterocycles. The number of anilines is 2. The van der Waals surface area contributed by atoms with Crippen LogP contribution in [0, 0.1) is 17.6 Å². The summed E-state index contributed by atoms with van der Waals surface area (Å²) in [6, 6.07) is 5.38. The van der Waals surface area contributed by atoms with Crippen LogP contribution in [0.1, 0.15) is 25.3 Å². The van der Waals surface area contributed by atoms with Crippen LogP contribution in [0.5, 0.6) is 0 Å². The number of nitrogens with zero attached hydrogens (tertiary/aromatic N) is 3. The Morgan fingerprint density at radius 3 is 2.66 bits per heavy atom. The van der Waals surface area contributed by atoms with E-state index in [2.05, 4.69) is 4.98 Å². The maximum atomic E-state index is 13.6. The van der Waals surface area contributed by atoms with Gasteiger partial charge in [0.05, 0.1) is 11.5 Å². The van der Waals surface area contributed by atoms with Crippen molar-refractivity contribution >= 4 is 17.4 Å². The Kier molecular flexibility index (Phi) is 6.04. The van der Waals surface area contributed by atoms with Gasteiger partial charge in [0.1, 0.15) is 5.82 Å². The van der Waals surface area contributed by atoms with E-state index in [0.717, 1.165) is 18.2 Å². The van der Waals surface area contributed by atoms with Crippen molar-refractivity contribution in [2.24, 2.45) is 5.92 Å². The van der Waals surface area contributed by atoms with E-state index in [-0.39, 0.29) is 30.5 Å². The fraction of sp³-hybridized carbons (Fsp3) is 0.400. The van der Waals surface area contributed by atoms with Crippen molar-refractivity contribution in [1.82, 2.24) is 4.98 Å². The lowest BCUT2D eigenvalue weighted by Gasteiger charge is -2.36. The summed E-state index contributed by atoms with van der Waals surface area (Å²) in [5, 5.41) is 0. The summed E-state index contributed by atoms with van der Waals surface area (Å²) in [5.41, 5.74) is -0.636. The third-order valence-electron chi connectivity index (χ3n) is 4.96. The minimum absolute atomic E-state index is 0.0686. The topological polar surface area (TPSA) is 36.4 Å². The molecule has 4 nitrogen and oxygen atoms in total. The molecule has 29 heavy (non-hydrogen) atoms. The molecule has 1 fully saturated rings. The molecule has 0 aliphatic carbocycles. The van der Waals surface area contributed by atoms with Crippen molar-refractivity contribution in [3.63, 3.8) is 0 Å². The van der Waals surface area contributed by atoms with Crippen molar-refractivity contribution in [3.05, 3.63) is 53.7 Å². The minimum Gasteiger partial charge on any atom is -0.355 e. The number of carbonyl (C=O) groups is 1. The average molecular weight is 413 g/mol. The molecule has 1 amide bonds. The van der Waals surface area contributed by atoms with Crippen LogP contribution in [0.2, 0.25) is 0 Å². The van der Waals surface area contributed by atoms with Crippen molar-refractivity contribution in [3.8, 4) is 0 Å². The first-order valence-electron chi connectivity index (χ1n) is 9.26. The predicted molar refractivity (Wildman–Crippen MR) is 98.6 cm³/mol. The van der Waals surface area contributed by atoms with Gasteiger partial charge in [-0.3, -0.25) is 4.79 Å². The van der Waals surface area contributed by atoms with Gasteiger partial charge in [0.2, 0.25) is 5.91 Å². The normalized spacial score (nSPS) is 17.3. The monoisotopic (exact) mass is 413 g/mol. The molecule has 3 rings (SSSR count). The number of hydrogen-bond donors (Lipinski definition) is 0. The Labute approximate surface area is 164 Å². The zero-order chi connectivity index (χ0) is 21.2. The Bertz CT molecular complexity index is 887. The molecule has 9 heteroatoms. The molecule has 1 atom stereocenters. The van der Waals surface area contributed by atoms with Crippen LogP contribution in [-0.4, -0.2) is 30.5 Å². The molecule has 2 aromatic rings. The number of aromatic nitrogens is 1. The van der Waals surface area contributed by atoms with Gasteiger partial charge in [-0.15, -0.1) is 0 Å². The highest BCUT2D eigenvalue weighted by Crippen LogP contribution is 2.36. The Morgan fingerprint density at radius 1 is 1.24 bits per heavy atom. The number of alkyl halides is 3. The Balaban J connectivity index is 1.83. The summed E-state index contributed by atoms with van der Waals surface area (Å²) in [7, 11) is 0. The van der Waals surface area contributed by atoms with Crippen LogP contribution in [0.4, 0.5) is 33.5 Å². The van der Waals surface area contributed by atoms with Gasteiger partial charge in [0.15, 0.2) is 11.6 Å². The van der Waals surface area contributed by atoms with E-state index in [0.29, 0.717) is 19.4 Å². The standard InChI is InChI=1S/C20H20F5N3O/c1-2-28(14-7-8-16(21)17(22)11-14)19(29)13-5-4-10-27(12-13)18-15(20(23,24)25)6-3-9-26-18/h3,6-9,11,13H,2,4-5,10,12H2,1H3. The van der Waals surface area contributed by atoms with Crippen molar-refractivity contribution in [1.29, 1.82) is 0 Å². The molecule has 2 heterocycles. The fourth-order valence-corrected chi connectivity index (χ4v) is 3.58. The van der Waals surface area contributed by atoms with Crippen LogP contribution in [0.15, 0.2) is 36.5 Å². The second-order valence-electron chi connectivity index (χ2n) is 6.84. The molecule has 0 N–H and O–H groups in total. The van der Waals surface area contributed by atoms with Gasteiger partial charge >= 0.3 is 6.18 Å². The van der Waals surface area contributed by atoms with E-state index < -0.39 is 29.3 Å². The molecular formula is C20H20F5N3O. The molecule has 1 unspecified atom stereocenters. The van der Waals surface area contributed by atoms with Crippen LogP contribution >= 0.6 is 0 Å². The van der Waals surface area contributed by atoms with Gasteiger partial charge in [-0.2, -0.15) is 13.2 Å². The second kappa shape index (κ2) is 8.34. The zero-order valence-corrected chi connectivity index (χ0v) is 15.7. The number of carbonyl (C=O) groups excluding carboxylic acids is 1. The summed E-state index contributed by atoms with van der Waals surface area (Å²) in [6.07, 6.45) is -2.26. The van der Waals surface area contributed by atoms with Crippen molar-refractivity contribution < 1.29 is 26.7 Å². The van der Waals surface area contributed by atoms with Crippen molar-refractivity contribution in [2.75, 3.05) is 29.4 Å². The number of pyridine rings is 1. The summed E-state index contributed by atoms with van der Waals surface area (Å²) in [5.74, 6) is -3.21. The molecule has 0 radical (unpaired) electrons. The summed E-state index contributed by atoms with van der Waals surface area (Å²) < 4.78 is 66.8. The molecule has 1 saturated heterocycles. The number of halogens is 5. The van der Waals surface area contributed by atoms with E-state index in [9.17, 15) is 26.7 Å². The van der Waals surface area contributed by atoms with Gasteiger partial charge in [-0.1, -0.05) is 0 Å². The third kappa shape index (κ3) is 4.49. The van der Waals surface area contributed by atoms with E-state index in [1.807, 2.05) is 0 Å². The molecule has 0 spiro atoms. The highest BCUT2D eigenvalue weighted by atomic mass is 19.4. The zero-order valence-electron chi connectivity index (χ0n) is 15.7. The van der Waals surface area contributed by atoms with E-state index in [1.165, 1.54) is 28.1 Å². The van der Waals surface area contributed by atoms with Gasteiger partial charge in [-0.05, 0) is 44.0 Å². The lowest BCUT2D eigenvalue weighted by Crippen LogP contribution is -2.45. The minimum atomic E-state index is -4.55. The SMILES string of the molecule is CCN(C(=O)C1CCCN(c2ncccc2C(F)(F)F)C1)c1ccc(F)c(F)c1. The molecule has 1 aliphatic rings. The van der Waals surface area contributed by atoms with Crippen LogP contribution in [-0.2, 0) is 11.0 Å². The van der Waals surface area contributed by atoms with E-state index in [1.54, 1.807) is 6.92 Å². The summed E-state index contributed by atoms with van der Waals surface area (Å²) in [4.78, 5) is 19.7. The van der Waals surface area contributed by atoms with Gasteiger partial charge in [-0.25, -0.2) is 13.8 Å². The fourth-order valence-electron chi connectivity index (χ4n) is 3.58. The largest absolute Gasteiger partial charge is 0.419 e. The molecular weight excluding hydrogens is 393 g/mol. The Morgan fingerprint density at radius 2 is 2.00 bits per heavy atom. The van der Waals surface area contributed by atoms with E-state index >= 15 is 0 Å². The van der Waals surface area contributed by atoms with Crippen LogP contribution in [0.25, 0.3) is 0 Å². The molecule has 1 aromatic carbocycles. The number of piperidine rings is 1. The lowest BCUT2D eigenvalue weighted by atomic mass is 9.95. The summed E-state index contributed by atoms with van der Waals surface area (Å²) in [6.45, 7) is 2.33. The predicted octanol–water partition coefficient (Wildman–Crippen LogP) is 4.65. The summed E-state index contributed by atoms with van der Waals surface area (Å²) >= 11 is 0. The highest BCUT2D eigenvalue weighted by Gasteiger charge is 2.38. The quantitative estimate of drug-likeness (QED) is 0.685. The number of amides is 1. The van der Waals surface area contributed by atoms with Crippen LogP contribution in [0.3, 0.4) is 0 Å². The lowest BCUT2D eigenvalue weighted by molar-refractivity contribution is -0.137. The van der Waals surface area contributed by atoms with Crippen molar-refractivity contribution in [2.45, 2.75) is 25.9 Å². The second-order valence-corrected chi connectivity index (χ2v) is 6.84.